The summed E-state index contributed by atoms with van der Waals surface area (Å²) in [4.78, 5) is 19.3. The first-order chi connectivity index (χ1) is 16.6. The zero-order chi connectivity index (χ0) is 25.3. The lowest BCUT2D eigenvalue weighted by atomic mass is 10.1. The van der Waals surface area contributed by atoms with Crippen LogP contribution in [0.2, 0.25) is 0 Å². The lowest BCUT2D eigenvalue weighted by Gasteiger charge is -2.38. The van der Waals surface area contributed by atoms with Crippen molar-refractivity contribution in [1.29, 1.82) is 0 Å². The van der Waals surface area contributed by atoms with Crippen LogP contribution in [0, 0.1) is 0 Å². The van der Waals surface area contributed by atoms with Gasteiger partial charge < -0.3 is 18.5 Å². The summed E-state index contributed by atoms with van der Waals surface area (Å²) < 4.78 is 44.4. The van der Waals surface area contributed by atoms with Crippen molar-refractivity contribution in [1.82, 2.24) is 18.8 Å². The molecule has 4 rings (SSSR count). The second kappa shape index (κ2) is 10.1. The zero-order valence-electron chi connectivity index (χ0n) is 20.7. The van der Waals surface area contributed by atoms with Crippen LogP contribution in [0.25, 0.3) is 22.1 Å². The third-order valence-corrected chi connectivity index (χ3v) is 7.53. The molecule has 0 amide bonds. The fraction of sp³-hybridized carbons (Fsp3) is 0.500. The van der Waals surface area contributed by atoms with Gasteiger partial charge in [0.1, 0.15) is 23.2 Å². The van der Waals surface area contributed by atoms with Gasteiger partial charge >= 0.3 is 0 Å². The summed E-state index contributed by atoms with van der Waals surface area (Å²) in [5, 5.41) is 0.482. The van der Waals surface area contributed by atoms with Crippen LogP contribution < -0.4 is 10.3 Å². The number of hydrogen-bond acceptors (Lipinski definition) is 8. The molecule has 11 heteroatoms. The van der Waals surface area contributed by atoms with E-state index >= 15 is 0 Å². The summed E-state index contributed by atoms with van der Waals surface area (Å²) >= 11 is 0. The molecule has 2 atom stereocenters. The van der Waals surface area contributed by atoms with Crippen molar-refractivity contribution in [3.8, 4) is 16.9 Å². The third kappa shape index (κ3) is 5.43. The van der Waals surface area contributed by atoms with E-state index in [0.29, 0.717) is 55.3 Å². The van der Waals surface area contributed by atoms with Gasteiger partial charge in [-0.2, -0.15) is 4.31 Å². The van der Waals surface area contributed by atoms with E-state index in [1.54, 1.807) is 38.8 Å². The monoisotopic (exact) mass is 504 g/mol. The Hall–Kier alpha value is -2.73. The molecule has 0 N–H and O–H groups in total. The highest BCUT2D eigenvalue weighted by molar-refractivity contribution is 7.88. The quantitative estimate of drug-likeness (QED) is 0.459. The molecule has 1 unspecified atom stereocenters. The minimum Gasteiger partial charge on any atom is -0.486 e. The third-order valence-electron chi connectivity index (χ3n) is 6.26. The van der Waals surface area contributed by atoms with Crippen molar-refractivity contribution in [3.63, 3.8) is 0 Å². The molecular formula is C24H32N4O6S. The van der Waals surface area contributed by atoms with Crippen LogP contribution in [-0.4, -0.2) is 78.9 Å². The minimum absolute atomic E-state index is 0.0106. The number of furan rings is 1. The number of hydrogen-bond donors (Lipinski definition) is 0. The normalized spacial score (nSPS) is 18.7. The smallest absolute Gasteiger partial charge is 0.261 e. The molecule has 10 nitrogen and oxygen atoms in total. The topological polar surface area (TPSA) is 107 Å². The van der Waals surface area contributed by atoms with E-state index in [1.807, 2.05) is 19.9 Å². The van der Waals surface area contributed by atoms with E-state index in [0.717, 1.165) is 11.1 Å². The van der Waals surface area contributed by atoms with Crippen molar-refractivity contribution < 1.29 is 22.3 Å². The van der Waals surface area contributed by atoms with Crippen LogP contribution in [0.15, 0.2) is 39.9 Å². The molecule has 1 fully saturated rings. The summed E-state index contributed by atoms with van der Waals surface area (Å²) in [6, 6.07) is 3.63. The van der Waals surface area contributed by atoms with Gasteiger partial charge in [-0.1, -0.05) is 0 Å². The van der Waals surface area contributed by atoms with Gasteiger partial charge in [-0.15, -0.1) is 0 Å². The molecule has 0 aliphatic carbocycles. The second-order valence-corrected chi connectivity index (χ2v) is 11.1. The zero-order valence-corrected chi connectivity index (χ0v) is 21.5. The van der Waals surface area contributed by atoms with E-state index in [-0.39, 0.29) is 17.7 Å². The highest BCUT2D eigenvalue weighted by atomic mass is 32.2. The molecule has 3 aromatic heterocycles. The molecule has 3 aromatic rings. The maximum atomic E-state index is 12.9. The summed E-state index contributed by atoms with van der Waals surface area (Å²) in [5.41, 5.74) is 1.82. The molecule has 1 saturated heterocycles. The van der Waals surface area contributed by atoms with Crippen LogP contribution >= 0.6 is 0 Å². The van der Waals surface area contributed by atoms with E-state index in [4.69, 9.17) is 13.9 Å². The predicted octanol–water partition coefficient (Wildman–Crippen LogP) is 2.07. The SMILES string of the molecule is COCC(C)Oc1cnccc1-c1cn(C)c(=O)c2cc(CN3CCN(S(C)(=O)=O)C[C@H]3C)oc12. The van der Waals surface area contributed by atoms with Gasteiger partial charge in [0.05, 0.1) is 31.0 Å². The number of aryl methyl sites for hydroxylation is 1. The number of fused-ring (bicyclic) bond motifs is 1. The molecule has 0 saturated carbocycles. The van der Waals surface area contributed by atoms with Crippen LogP contribution in [0.4, 0.5) is 0 Å². The Morgan fingerprint density at radius 3 is 2.74 bits per heavy atom. The van der Waals surface area contributed by atoms with Crippen LogP contribution in [-0.2, 0) is 28.4 Å². The van der Waals surface area contributed by atoms with Crippen molar-refractivity contribution in [3.05, 3.63) is 46.8 Å². The Morgan fingerprint density at radius 2 is 2.06 bits per heavy atom. The van der Waals surface area contributed by atoms with Crippen molar-refractivity contribution in [2.45, 2.75) is 32.5 Å². The summed E-state index contributed by atoms with van der Waals surface area (Å²) in [7, 11) is 0.101. The number of aromatic nitrogens is 2. The number of rotatable bonds is 8. The number of piperazine rings is 1. The van der Waals surface area contributed by atoms with Gasteiger partial charge in [-0.25, -0.2) is 8.42 Å². The lowest BCUT2D eigenvalue weighted by molar-refractivity contribution is 0.0922. The lowest BCUT2D eigenvalue weighted by Crippen LogP contribution is -2.52. The molecule has 1 aliphatic heterocycles. The number of nitrogens with zero attached hydrogens (tertiary/aromatic N) is 4. The Morgan fingerprint density at radius 1 is 1.29 bits per heavy atom. The first kappa shape index (κ1) is 25.4. The van der Waals surface area contributed by atoms with Crippen molar-refractivity contribution in [2.24, 2.45) is 7.05 Å². The van der Waals surface area contributed by atoms with Gasteiger partial charge in [0.25, 0.3) is 5.56 Å². The highest BCUT2D eigenvalue weighted by Gasteiger charge is 2.29. The van der Waals surface area contributed by atoms with E-state index in [9.17, 15) is 13.2 Å². The second-order valence-electron chi connectivity index (χ2n) is 9.11. The maximum absolute atomic E-state index is 12.9. The highest BCUT2D eigenvalue weighted by Crippen LogP contribution is 2.35. The summed E-state index contributed by atoms with van der Waals surface area (Å²) in [6.07, 6.45) is 6.11. The molecule has 190 valence electrons. The molecule has 1 aliphatic rings. The molecule has 0 bridgehead atoms. The fourth-order valence-electron chi connectivity index (χ4n) is 4.45. The van der Waals surface area contributed by atoms with Gasteiger partial charge in [0, 0.05) is 63.4 Å². The minimum atomic E-state index is -3.22. The Labute approximate surface area is 205 Å². The Balaban J connectivity index is 1.68. The maximum Gasteiger partial charge on any atom is 0.261 e. The molecule has 4 heterocycles. The van der Waals surface area contributed by atoms with Gasteiger partial charge in [0.15, 0.2) is 0 Å². The van der Waals surface area contributed by atoms with Gasteiger partial charge in [-0.05, 0) is 26.0 Å². The molecular weight excluding hydrogens is 472 g/mol. The number of ether oxygens (including phenoxy) is 2. The molecule has 0 aromatic carbocycles. The summed E-state index contributed by atoms with van der Waals surface area (Å²) in [6.45, 7) is 6.22. The largest absolute Gasteiger partial charge is 0.486 e. The fourth-order valence-corrected chi connectivity index (χ4v) is 5.35. The van der Waals surface area contributed by atoms with E-state index in [2.05, 4.69) is 9.88 Å². The van der Waals surface area contributed by atoms with Crippen LogP contribution in [0.1, 0.15) is 19.6 Å². The first-order valence-corrected chi connectivity index (χ1v) is 13.3. The van der Waals surface area contributed by atoms with Crippen molar-refractivity contribution in [2.75, 3.05) is 39.6 Å². The van der Waals surface area contributed by atoms with E-state index in [1.165, 1.54) is 15.1 Å². The summed E-state index contributed by atoms with van der Waals surface area (Å²) in [5.74, 6) is 1.22. The first-order valence-electron chi connectivity index (χ1n) is 11.5. The number of methoxy groups -OCH3 is 1. The predicted molar refractivity (Wildman–Crippen MR) is 133 cm³/mol. The van der Waals surface area contributed by atoms with Gasteiger partial charge in [-0.3, -0.25) is 14.7 Å². The number of pyridine rings is 2. The average molecular weight is 505 g/mol. The van der Waals surface area contributed by atoms with Crippen molar-refractivity contribution >= 4 is 21.0 Å². The Kier molecular flexibility index (Phi) is 7.32. The van der Waals surface area contributed by atoms with Crippen LogP contribution in [0.5, 0.6) is 5.75 Å². The molecule has 0 spiro atoms. The van der Waals surface area contributed by atoms with Gasteiger partial charge in [0.2, 0.25) is 10.0 Å². The average Bonchev–Trinajstić information content (AvgIpc) is 3.22. The Bertz CT molecular complexity index is 1370. The van der Waals surface area contributed by atoms with Crippen LogP contribution in [0.3, 0.4) is 0 Å². The van der Waals surface area contributed by atoms with E-state index < -0.39 is 10.0 Å². The standard InChI is InChI=1S/C24H32N4O6S/c1-16-12-28(35(5,30)31)9-8-27(16)13-18-10-20-23(34-18)21(14-26(3)24(20)29)19-6-7-25-11-22(19)33-17(2)15-32-4/h6-7,10-11,14,16-17H,8-9,12-13,15H2,1-5H3/t16-,17?/m1/s1. The molecule has 0 radical (unpaired) electrons. The number of sulfonamides is 1. The molecule has 35 heavy (non-hydrogen) atoms.